The molecule has 11 heteroatoms. The van der Waals surface area contributed by atoms with Crippen molar-refractivity contribution in [3.63, 3.8) is 0 Å². The highest BCUT2D eigenvalue weighted by Gasteiger charge is 2.33. The van der Waals surface area contributed by atoms with Gasteiger partial charge in [-0.3, -0.25) is 0 Å². The predicted molar refractivity (Wildman–Crippen MR) is 123 cm³/mol. The number of sulfonamides is 1. The van der Waals surface area contributed by atoms with Gasteiger partial charge in [-0.1, -0.05) is 23.7 Å². The zero-order valence-corrected chi connectivity index (χ0v) is 20.6. The van der Waals surface area contributed by atoms with Crippen molar-refractivity contribution in [2.75, 3.05) is 21.3 Å². The molecule has 3 aromatic rings. The largest absolute Gasteiger partial charge is 0.495 e. The average Bonchev–Trinajstić information content (AvgIpc) is 3.30. The molecule has 2 aromatic carbocycles. The van der Waals surface area contributed by atoms with Gasteiger partial charge in [0, 0.05) is 16.6 Å². The molecule has 33 heavy (non-hydrogen) atoms. The van der Waals surface area contributed by atoms with Crippen LogP contribution in [0.25, 0.3) is 11.4 Å². The number of methoxy groups -OCH3 is 3. The van der Waals surface area contributed by atoms with Gasteiger partial charge >= 0.3 is 0 Å². The maximum Gasteiger partial charge on any atom is 0.247 e. The van der Waals surface area contributed by atoms with Crippen LogP contribution in [0.3, 0.4) is 0 Å². The average molecular weight is 496 g/mol. The molecule has 0 aliphatic heterocycles. The Morgan fingerprint density at radius 2 is 1.70 bits per heavy atom. The summed E-state index contributed by atoms with van der Waals surface area (Å²) >= 11 is 6.08. The third-order valence-corrected chi connectivity index (χ3v) is 7.41. The lowest BCUT2D eigenvalue weighted by Crippen LogP contribution is -2.38. The van der Waals surface area contributed by atoms with Crippen LogP contribution < -0.4 is 14.2 Å². The first-order valence-corrected chi connectivity index (χ1v) is 12.0. The molecule has 0 fully saturated rings. The minimum absolute atomic E-state index is 0.0302. The van der Waals surface area contributed by atoms with E-state index in [0.717, 1.165) is 0 Å². The highest BCUT2D eigenvalue weighted by atomic mass is 35.5. The van der Waals surface area contributed by atoms with Crippen molar-refractivity contribution in [3.05, 3.63) is 47.3 Å². The van der Waals surface area contributed by atoms with E-state index in [1.54, 1.807) is 38.3 Å². The minimum atomic E-state index is -3.99. The number of rotatable bonds is 10. The van der Waals surface area contributed by atoms with E-state index >= 15 is 0 Å². The molecule has 0 radical (unpaired) electrons. The molecule has 0 unspecified atom stereocenters. The van der Waals surface area contributed by atoms with Crippen LogP contribution in [0.15, 0.2) is 45.8 Å². The Bertz CT molecular complexity index is 1210. The normalized spacial score (nSPS) is 12.6. The van der Waals surface area contributed by atoms with Gasteiger partial charge < -0.3 is 18.7 Å². The number of aromatic nitrogens is 2. The number of halogens is 1. The van der Waals surface area contributed by atoms with Crippen molar-refractivity contribution in [3.8, 4) is 28.6 Å². The molecule has 0 amide bonds. The summed E-state index contributed by atoms with van der Waals surface area (Å²) in [5.74, 6) is 1.72. The highest BCUT2D eigenvalue weighted by Crippen LogP contribution is 2.33. The Hall–Kier alpha value is -2.82. The number of hydrogen-bond acceptors (Lipinski definition) is 8. The first-order chi connectivity index (χ1) is 15.7. The highest BCUT2D eigenvalue weighted by molar-refractivity contribution is 7.89. The maximum absolute atomic E-state index is 13.6. The van der Waals surface area contributed by atoms with E-state index in [0.29, 0.717) is 29.3 Å². The second-order valence-electron chi connectivity index (χ2n) is 7.18. The van der Waals surface area contributed by atoms with E-state index in [1.807, 2.05) is 6.92 Å². The van der Waals surface area contributed by atoms with Crippen LogP contribution in [0.4, 0.5) is 0 Å². The summed E-state index contributed by atoms with van der Waals surface area (Å²) in [7, 11) is 0.489. The third kappa shape index (κ3) is 5.23. The number of nitrogens with zero attached hydrogens (tertiary/aromatic N) is 3. The SMILES string of the molecule is CC[C@@H](C)N(Cc1nc(-c2ccc(OC)c(OC)c2)no1)S(=O)(=O)c1cc(Cl)ccc1OC. The molecule has 0 saturated carbocycles. The van der Waals surface area contributed by atoms with Crippen molar-refractivity contribution in [1.29, 1.82) is 0 Å². The molecule has 0 N–H and O–H groups in total. The monoisotopic (exact) mass is 495 g/mol. The van der Waals surface area contributed by atoms with E-state index < -0.39 is 10.0 Å². The maximum atomic E-state index is 13.6. The van der Waals surface area contributed by atoms with Crippen molar-refractivity contribution < 1.29 is 27.2 Å². The molecule has 1 aromatic heterocycles. The molecule has 9 nitrogen and oxygen atoms in total. The standard InChI is InChI=1S/C22H26ClN3O6S/c1-6-14(2)26(33(27,28)20-12-16(23)8-10-18(20)30-4)13-21-24-22(25-32-21)15-7-9-17(29-3)19(11-15)31-5/h7-12,14H,6,13H2,1-5H3/t14-/m1/s1. The van der Waals surface area contributed by atoms with Gasteiger partial charge in [0.05, 0.1) is 27.9 Å². The Kier molecular flexibility index (Phi) is 7.83. The number of hydrogen-bond donors (Lipinski definition) is 0. The van der Waals surface area contributed by atoms with Gasteiger partial charge in [-0.05, 0) is 49.7 Å². The minimum Gasteiger partial charge on any atom is -0.495 e. The lowest BCUT2D eigenvalue weighted by molar-refractivity contribution is 0.271. The summed E-state index contributed by atoms with van der Waals surface area (Å²) in [6.45, 7) is 3.58. The fraction of sp³-hybridized carbons (Fsp3) is 0.364. The van der Waals surface area contributed by atoms with Crippen molar-refractivity contribution >= 4 is 21.6 Å². The summed E-state index contributed by atoms with van der Waals surface area (Å²) in [5.41, 5.74) is 0.636. The van der Waals surface area contributed by atoms with E-state index in [2.05, 4.69) is 10.1 Å². The summed E-state index contributed by atoms with van der Waals surface area (Å²) < 4.78 is 49.7. The Morgan fingerprint density at radius 1 is 1.03 bits per heavy atom. The van der Waals surface area contributed by atoms with Crippen LogP contribution in [0.5, 0.6) is 17.2 Å². The molecule has 1 heterocycles. The number of ether oxygens (including phenoxy) is 3. The molecule has 0 saturated heterocycles. The summed E-state index contributed by atoms with van der Waals surface area (Å²) in [6, 6.07) is 9.31. The molecule has 1 atom stereocenters. The fourth-order valence-corrected chi connectivity index (χ4v) is 5.28. The lowest BCUT2D eigenvalue weighted by Gasteiger charge is -2.27. The van der Waals surface area contributed by atoms with Crippen LogP contribution in [0.1, 0.15) is 26.2 Å². The second kappa shape index (κ2) is 10.4. The van der Waals surface area contributed by atoms with Gasteiger partial charge in [0.15, 0.2) is 11.5 Å². The van der Waals surface area contributed by atoms with Crippen LogP contribution in [-0.2, 0) is 16.6 Å². The first-order valence-electron chi connectivity index (χ1n) is 10.2. The van der Waals surface area contributed by atoms with Crippen molar-refractivity contribution in [1.82, 2.24) is 14.4 Å². The van der Waals surface area contributed by atoms with E-state index in [4.69, 9.17) is 30.3 Å². The topological polar surface area (TPSA) is 104 Å². The molecule has 0 bridgehead atoms. The van der Waals surface area contributed by atoms with Gasteiger partial charge in [0.1, 0.15) is 10.6 Å². The predicted octanol–water partition coefficient (Wildman–Crippen LogP) is 4.41. The van der Waals surface area contributed by atoms with Gasteiger partial charge in [0.2, 0.25) is 21.7 Å². The molecular formula is C22H26ClN3O6S. The Balaban J connectivity index is 1.96. The first kappa shape index (κ1) is 24.8. The van der Waals surface area contributed by atoms with Crippen LogP contribution in [-0.4, -0.2) is 50.2 Å². The zero-order chi connectivity index (χ0) is 24.2. The van der Waals surface area contributed by atoms with Gasteiger partial charge in [-0.2, -0.15) is 9.29 Å². The molecule has 0 spiro atoms. The van der Waals surface area contributed by atoms with Crippen LogP contribution in [0, 0.1) is 0 Å². The van der Waals surface area contributed by atoms with E-state index in [1.165, 1.54) is 30.7 Å². The smallest absolute Gasteiger partial charge is 0.247 e. The Morgan fingerprint density at radius 3 is 2.33 bits per heavy atom. The van der Waals surface area contributed by atoms with E-state index in [9.17, 15) is 8.42 Å². The van der Waals surface area contributed by atoms with Crippen LogP contribution >= 0.6 is 11.6 Å². The third-order valence-electron chi connectivity index (χ3n) is 5.20. The van der Waals surface area contributed by atoms with Gasteiger partial charge in [0.25, 0.3) is 0 Å². The van der Waals surface area contributed by atoms with Crippen LogP contribution in [0.2, 0.25) is 5.02 Å². The van der Waals surface area contributed by atoms with Crippen molar-refractivity contribution in [2.24, 2.45) is 0 Å². The lowest BCUT2D eigenvalue weighted by atomic mass is 10.2. The van der Waals surface area contributed by atoms with Gasteiger partial charge in [-0.25, -0.2) is 8.42 Å². The summed E-state index contributed by atoms with van der Waals surface area (Å²) in [4.78, 5) is 4.37. The Labute approximate surface area is 198 Å². The second-order valence-corrected chi connectivity index (χ2v) is 9.48. The molecule has 3 rings (SSSR count). The molecular weight excluding hydrogens is 470 g/mol. The van der Waals surface area contributed by atoms with Crippen molar-refractivity contribution in [2.45, 2.75) is 37.8 Å². The zero-order valence-electron chi connectivity index (χ0n) is 19.0. The summed E-state index contributed by atoms with van der Waals surface area (Å²) in [5, 5.41) is 4.29. The van der Waals surface area contributed by atoms with Gasteiger partial charge in [-0.15, -0.1) is 0 Å². The molecule has 0 aliphatic rings. The summed E-state index contributed by atoms with van der Waals surface area (Å²) in [6.07, 6.45) is 0.568. The van der Waals surface area contributed by atoms with E-state index in [-0.39, 0.29) is 34.1 Å². The fourth-order valence-electron chi connectivity index (χ4n) is 3.20. The molecule has 0 aliphatic carbocycles. The molecule has 178 valence electrons. The quantitative estimate of drug-likeness (QED) is 0.407. The number of benzene rings is 2.